The Morgan fingerprint density at radius 1 is 1.43 bits per heavy atom. The fraction of sp³-hybridized carbons (Fsp3) is 0.417. The highest BCUT2D eigenvalue weighted by Crippen LogP contribution is 2.19. The van der Waals surface area contributed by atoms with Gasteiger partial charge in [0.2, 0.25) is 17.1 Å². The normalized spacial score (nSPS) is 15.5. The molecule has 1 aliphatic carbocycles. The number of amides is 1. The Bertz CT molecular complexity index is 641. The average Bonchev–Trinajstić information content (AvgIpc) is 3.08. The summed E-state index contributed by atoms with van der Waals surface area (Å²) in [5, 5.41) is 9.89. The number of nitrogens with zero attached hydrogens (tertiary/aromatic N) is 5. The van der Waals surface area contributed by atoms with E-state index in [9.17, 15) is 4.79 Å². The van der Waals surface area contributed by atoms with Crippen LogP contribution >= 0.6 is 11.6 Å². The van der Waals surface area contributed by atoms with Crippen LogP contribution in [0.1, 0.15) is 19.8 Å². The molecule has 2 N–H and O–H groups in total. The van der Waals surface area contributed by atoms with Gasteiger partial charge in [-0.05, 0) is 37.4 Å². The van der Waals surface area contributed by atoms with Gasteiger partial charge in [-0.1, -0.05) is 0 Å². The van der Waals surface area contributed by atoms with Crippen LogP contribution in [0.25, 0.3) is 5.95 Å². The Morgan fingerprint density at radius 3 is 2.90 bits per heavy atom. The molecule has 1 unspecified atom stereocenters. The zero-order valence-corrected chi connectivity index (χ0v) is 12.1. The zero-order chi connectivity index (χ0) is 14.8. The van der Waals surface area contributed by atoms with Crippen LogP contribution in [0.2, 0.25) is 5.28 Å². The predicted octanol–water partition coefficient (Wildman–Crippen LogP) is 0.790. The zero-order valence-electron chi connectivity index (χ0n) is 11.3. The fourth-order valence-corrected chi connectivity index (χ4v) is 1.86. The van der Waals surface area contributed by atoms with Gasteiger partial charge in [0.1, 0.15) is 6.04 Å². The van der Waals surface area contributed by atoms with Crippen molar-refractivity contribution >= 4 is 23.5 Å². The molecule has 1 atom stereocenters. The Balaban J connectivity index is 1.73. The maximum absolute atomic E-state index is 11.9. The molecule has 2 aromatic heterocycles. The fourth-order valence-electron chi connectivity index (χ4n) is 1.71. The second-order valence-corrected chi connectivity index (χ2v) is 5.17. The Morgan fingerprint density at radius 2 is 2.24 bits per heavy atom. The van der Waals surface area contributed by atoms with Crippen LogP contribution in [-0.4, -0.2) is 42.7 Å². The predicted molar refractivity (Wildman–Crippen MR) is 76.2 cm³/mol. The lowest BCUT2D eigenvalue weighted by Gasteiger charge is -2.14. The highest BCUT2D eigenvalue weighted by Gasteiger charge is 2.26. The van der Waals surface area contributed by atoms with E-state index in [1.165, 1.54) is 4.68 Å². The summed E-state index contributed by atoms with van der Waals surface area (Å²) in [6.45, 7) is 1.74. The van der Waals surface area contributed by atoms with E-state index in [0.717, 1.165) is 12.8 Å². The van der Waals surface area contributed by atoms with Crippen molar-refractivity contribution in [3.8, 4) is 5.95 Å². The van der Waals surface area contributed by atoms with E-state index in [4.69, 9.17) is 11.6 Å². The molecule has 1 aliphatic rings. The second kappa shape index (κ2) is 5.65. The summed E-state index contributed by atoms with van der Waals surface area (Å²) in [5.74, 6) is 0.436. The molecule has 3 rings (SSSR count). The van der Waals surface area contributed by atoms with Gasteiger partial charge in [-0.25, -0.2) is 4.68 Å². The summed E-state index contributed by atoms with van der Waals surface area (Å²) in [5.41, 5.74) is 0. The van der Waals surface area contributed by atoms with E-state index in [0.29, 0.717) is 6.04 Å². The summed E-state index contributed by atoms with van der Waals surface area (Å²) >= 11 is 5.88. The van der Waals surface area contributed by atoms with Gasteiger partial charge in [0.05, 0.1) is 0 Å². The molecule has 0 saturated heterocycles. The molecule has 1 amide bonds. The topological polar surface area (TPSA) is 97.6 Å². The number of aromatic nitrogens is 5. The number of halogens is 1. The van der Waals surface area contributed by atoms with Crippen molar-refractivity contribution in [1.82, 2.24) is 30.0 Å². The molecular weight excluding hydrogens is 294 g/mol. The van der Waals surface area contributed by atoms with E-state index < -0.39 is 6.04 Å². The third-order valence-electron chi connectivity index (χ3n) is 2.97. The van der Waals surface area contributed by atoms with Crippen molar-refractivity contribution in [2.24, 2.45) is 0 Å². The van der Waals surface area contributed by atoms with Crippen molar-refractivity contribution in [3.63, 3.8) is 0 Å². The maximum atomic E-state index is 11.9. The smallest absolute Gasteiger partial charge is 0.256 e. The minimum absolute atomic E-state index is 0.0350. The number of rotatable bonds is 5. The molecule has 0 aliphatic heterocycles. The number of hydrogen-bond donors (Lipinski definition) is 2. The Hall–Kier alpha value is -2.22. The molecule has 0 aromatic carbocycles. The highest BCUT2D eigenvalue weighted by molar-refractivity contribution is 6.28. The number of hydrogen-bond acceptors (Lipinski definition) is 6. The summed E-state index contributed by atoms with van der Waals surface area (Å²) in [6, 6.07) is 1.59. The van der Waals surface area contributed by atoms with Crippen molar-refractivity contribution in [1.29, 1.82) is 0 Å². The molecule has 0 radical (unpaired) electrons. The van der Waals surface area contributed by atoms with Crippen LogP contribution in [0.15, 0.2) is 18.5 Å². The van der Waals surface area contributed by atoms with E-state index >= 15 is 0 Å². The molecule has 1 saturated carbocycles. The van der Waals surface area contributed by atoms with Crippen LogP contribution in [0.5, 0.6) is 0 Å². The van der Waals surface area contributed by atoms with Gasteiger partial charge in [-0.3, -0.25) is 4.79 Å². The molecule has 21 heavy (non-hydrogen) atoms. The van der Waals surface area contributed by atoms with Gasteiger partial charge < -0.3 is 10.6 Å². The standard InChI is InChI=1S/C12H14ClN7O/c1-7(9(21)16-8-3-4-8)15-11-17-10(13)18-12(19-11)20-6-2-5-14-20/h2,5-8H,3-4H2,1H3,(H,16,21)(H,15,17,18,19). The molecular formula is C12H14ClN7O. The molecule has 2 heterocycles. The van der Waals surface area contributed by atoms with E-state index in [2.05, 4.69) is 30.7 Å². The van der Waals surface area contributed by atoms with Crippen molar-refractivity contribution in [3.05, 3.63) is 23.7 Å². The minimum Gasteiger partial charge on any atom is -0.352 e. The van der Waals surface area contributed by atoms with Crippen LogP contribution in [0.4, 0.5) is 5.95 Å². The summed E-state index contributed by atoms with van der Waals surface area (Å²) in [7, 11) is 0. The lowest BCUT2D eigenvalue weighted by molar-refractivity contribution is -0.121. The van der Waals surface area contributed by atoms with Crippen molar-refractivity contribution in [2.75, 3.05) is 5.32 Å². The van der Waals surface area contributed by atoms with Crippen molar-refractivity contribution < 1.29 is 4.79 Å². The molecule has 8 nitrogen and oxygen atoms in total. The van der Waals surface area contributed by atoms with E-state index in [1.807, 2.05) is 0 Å². The second-order valence-electron chi connectivity index (χ2n) is 4.83. The highest BCUT2D eigenvalue weighted by atomic mass is 35.5. The lowest BCUT2D eigenvalue weighted by Crippen LogP contribution is -2.39. The van der Waals surface area contributed by atoms with Gasteiger partial charge in [0.15, 0.2) is 0 Å². The van der Waals surface area contributed by atoms with Crippen LogP contribution in [-0.2, 0) is 4.79 Å². The molecule has 0 bridgehead atoms. The minimum atomic E-state index is -0.463. The first-order valence-electron chi connectivity index (χ1n) is 6.60. The van der Waals surface area contributed by atoms with Crippen molar-refractivity contribution in [2.45, 2.75) is 31.8 Å². The SMILES string of the molecule is CC(Nc1nc(Cl)nc(-n2cccn2)n1)C(=O)NC1CC1. The third kappa shape index (κ3) is 3.46. The molecule has 2 aromatic rings. The van der Waals surface area contributed by atoms with Gasteiger partial charge in [-0.2, -0.15) is 20.1 Å². The maximum Gasteiger partial charge on any atom is 0.256 e. The van der Waals surface area contributed by atoms with Gasteiger partial charge in [0, 0.05) is 18.4 Å². The molecule has 110 valence electrons. The van der Waals surface area contributed by atoms with Gasteiger partial charge in [-0.15, -0.1) is 0 Å². The number of nitrogens with one attached hydrogen (secondary N) is 2. The van der Waals surface area contributed by atoms with Crippen LogP contribution < -0.4 is 10.6 Å². The number of carbonyl (C=O) groups excluding carboxylic acids is 1. The third-order valence-corrected chi connectivity index (χ3v) is 3.14. The Labute approximate surface area is 126 Å². The summed E-state index contributed by atoms with van der Waals surface area (Å²) < 4.78 is 1.47. The first kappa shape index (κ1) is 13.7. The number of anilines is 1. The first-order chi connectivity index (χ1) is 10.1. The largest absolute Gasteiger partial charge is 0.352 e. The van der Waals surface area contributed by atoms with E-state index in [1.54, 1.807) is 25.4 Å². The van der Waals surface area contributed by atoms with Gasteiger partial charge in [0.25, 0.3) is 5.95 Å². The Kier molecular flexibility index (Phi) is 3.70. The molecule has 9 heteroatoms. The van der Waals surface area contributed by atoms with Crippen LogP contribution in [0, 0.1) is 0 Å². The molecule has 1 fully saturated rings. The quantitative estimate of drug-likeness (QED) is 0.847. The van der Waals surface area contributed by atoms with E-state index in [-0.39, 0.29) is 23.1 Å². The number of carbonyl (C=O) groups is 1. The van der Waals surface area contributed by atoms with Gasteiger partial charge >= 0.3 is 0 Å². The average molecular weight is 308 g/mol. The van der Waals surface area contributed by atoms with Crippen LogP contribution in [0.3, 0.4) is 0 Å². The monoisotopic (exact) mass is 307 g/mol. The first-order valence-corrected chi connectivity index (χ1v) is 6.98. The molecule has 0 spiro atoms. The summed E-state index contributed by atoms with van der Waals surface area (Å²) in [6.07, 6.45) is 5.38. The lowest BCUT2D eigenvalue weighted by atomic mass is 10.3. The summed E-state index contributed by atoms with van der Waals surface area (Å²) in [4.78, 5) is 24.1.